The van der Waals surface area contributed by atoms with Crippen LogP contribution >= 0.6 is 22.9 Å². The summed E-state index contributed by atoms with van der Waals surface area (Å²) in [6.07, 6.45) is 2.01. The molecule has 0 radical (unpaired) electrons. The van der Waals surface area contributed by atoms with Crippen LogP contribution in [-0.2, 0) is 17.6 Å². The van der Waals surface area contributed by atoms with Crippen LogP contribution in [0.5, 0.6) is 0 Å². The highest BCUT2D eigenvalue weighted by atomic mass is 35.5. The zero-order valence-corrected chi connectivity index (χ0v) is 13.2. The van der Waals surface area contributed by atoms with Gasteiger partial charge in [-0.1, -0.05) is 6.92 Å². The van der Waals surface area contributed by atoms with Crippen LogP contribution in [0.4, 0.5) is 10.1 Å². The third kappa shape index (κ3) is 2.83. The molecule has 0 aliphatic carbocycles. The fourth-order valence-corrected chi connectivity index (χ4v) is 3.81. The van der Waals surface area contributed by atoms with E-state index in [1.807, 2.05) is 12.1 Å². The van der Waals surface area contributed by atoms with E-state index in [-0.39, 0.29) is 11.7 Å². The molecule has 1 unspecified atom stereocenters. The van der Waals surface area contributed by atoms with Crippen molar-refractivity contribution in [3.05, 3.63) is 51.0 Å². The summed E-state index contributed by atoms with van der Waals surface area (Å²) in [6, 6.07) is 7.16. The third-order valence-corrected chi connectivity index (χ3v) is 5.57. The summed E-state index contributed by atoms with van der Waals surface area (Å²) in [7, 11) is 0. The van der Waals surface area contributed by atoms with E-state index in [0.29, 0.717) is 24.1 Å². The van der Waals surface area contributed by atoms with E-state index in [0.717, 1.165) is 16.9 Å². The summed E-state index contributed by atoms with van der Waals surface area (Å²) in [6.45, 7) is 2.08. The van der Waals surface area contributed by atoms with Gasteiger partial charge in [-0.05, 0) is 42.7 Å². The van der Waals surface area contributed by atoms with Gasteiger partial charge in [0.05, 0.1) is 5.38 Å². The molecular weight excluding hydrogens is 309 g/mol. The first-order valence-electron chi connectivity index (χ1n) is 6.93. The van der Waals surface area contributed by atoms with Gasteiger partial charge in [0.15, 0.2) is 0 Å². The van der Waals surface area contributed by atoms with Crippen molar-refractivity contribution in [2.75, 3.05) is 5.32 Å². The van der Waals surface area contributed by atoms with Crippen molar-refractivity contribution < 1.29 is 9.18 Å². The number of aryl methyl sites for hydroxylation is 2. The van der Waals surface area contributed by atoms with Gasteiger partial charge in [-0.3, -0.25) is 4.79 Å². The number of carbonyl (C=O) groups excluding carboxylic acids is 1. The van der Waals surface area contributed by atoms with E-state index >= 15 is 0 Å². The Kier molecular flexibility index (Phi) is 4.00. The zero-order chi connectivity index (χ0) is 15.0. The highest BCUT2D eigenvalue weighted by Gasteiger charge is 2.22. The molecule has 1 aromatic heterocycles. The third-order valence-electron chi connectivity index (χ3n) is 3.67. The Morgan fingerprint density at radius 1 is 1.38 bits per heavy atom. The summed E-state index contributed by atoms with van der Waals surface area (Å²) >= 11 is 8.08. The number of hydrogen-bond donors (Lipinski definition) is 1. The van der Waals surface area contributed by atoms with E-state index < -0.39 is 5.38 Å². The van der Waals surface area contributed by atoms with Crippen LogP contribution in [0.2, 0.25) is 0 Å². The Hall–Kier alpha value is -1.39. The fourth-order valence-electron chi connectivity index (χ4n) is 2.49. The molecule has 0 bridgehead atoms. The number of carbonyl (C=O) groups is 1. The number of nitrogens with one attached hydrogen (secondary N) is 1. The summed E-state index contributed by atoms with van der Waals surface area (Å²) in [4.78, 5) is 13.5. The normalized spacial score (nSPS) is 15.5. The number of benzene rings is 1. The quantitative estimate of drug-likeness (QED) is 0.818. The molecule has 1 aliphatic heterocycles. The van der Waals surface area contributed by atoms with Gasteiger partial charge in [0.1, 0.15) is 5.82 Å². The summed E-state index contributed by atoms with van der Waals surface area (Å²) in [5.41, 5.74) is 2.00. The van der Waals surface area contributed by atoms with Crippen molar-refractivity contribution in [1.82, 2.24) is 0 Å². The van der Waals surface area contributed by atoms with Gasteiger partial charge >= 0.3 is 0 Å². The SMILES string of the molecule is CCc1ccc(C(Cl)c2cc3c(cc2F)NC(=O)CC3)s1. The molecule has 2 heterocycles. The van der Waals surface area contributed by atoms with Crippen LogP contribution in [0, 0.1) is 5.82 Å². The van der Waals surface area contributed by atoms with Crippen LogP contribution < -0.4 is 5.32 Å². The van der Waals surface area contributed by atoms with E-state index in [1.54, 1.807) is 17.4 Å². The van der Waals surface area contributed by atoms with E-state index in [9.17, 15) is 9.18 Å². The lowest BCUT2D eigenvalue weighted by atomic mass is 9.98. The van der Waals surface area contributed by atoms with Crippen molar-refractivity contribution in [2.24, 2.45) is 0 Å². The molecule has 2 aromatic rings. The van der Waals surface area contributed by atoms with Crippen LogP contribution in [0.3, 0.4) is 0 Å². The molecule has 3 rings (SSSR count). The maximum atomic E-state index is 14.3. The average molecular weight is 324 g/mol. The van der Waals surface area contributed by atoms with Gasteiger partial charge in [-0.15, -0.1) is 22.9 Å². The van der Waals surface area contributed by atoms with Gasteiger partial charge in [0.2, 0.25) is 5.91 Å². The molecule has 1 aromatic carbocycles. The number of rotatable bonds is 3. The van der Waals surface area contributed by atoms with Gasteiger partial charge in [-0.25, -0.2) is 4.39 Å². The smallest absolute Gasteiger partial charge is 0.224 e. The van der Waals surface area contributed by atoms with Crippen molar-refractivity contribution in [2.45, 2.75) is 31.6 Å². The molecular formula is C16H15ClFNOS. The first-order valence-corrected chi connectivity index (χ1v) is 8.18. The monoisotopic (exact) mass is 323 g/mol. The lowest BCUT2D eigenvalue weighted by Crippen LogP contribution is -2.19. The summed E-state index contributed by atoms with van der Waals surface area (Å²) in [5, 5.41) is 2.21. The average Bonchev–Trinajstić information content (AvgIpc) is 2.94. The second-order valence-electron chi connectivity index (χ2n) is 5.10. The molecule has 2 nitrogen and oxygen atoms in total. The Bertz CT molecular complexity index is 698. The topological polar surface area (TPSA) is 29.1 Å². The second-order valence-corrected chi connectivity index (χ2v) is 6.74. The number of anilines is 1. The molecule has 1 atom stereocenters. The number of alkyl halides is 1. The highest BCUT2D eigenvalue weighted by molar-refractivity contribution is 7.12. The Morgan fingerprint density at radius 2 is 2.19 bits per heavy atom. The Morgan fingerprint density at radius 3 is 2.90 bits per heavy atom. The predicted molar refractivity (Wildman–Crippen MR) is 84.7 cm³/mol. The standard InChI is InChI=1S/C16H15ClFNOS/c1-2-10-4-5-14(21-10)16(17)11-7-9-3-6-15(20)19-13(9)8-12(11)18/h4-5,7-8,16H,2-3,6H2,1H3,(H,19,20). The predicted octanol–water partition coefficient (Wildman–Crippen LogP) is 4.66. The van der Waals surface area contributed by atoms with Crippen molar-refractivity contribution in [1.29, 1.82) is 0 Å². The van der Waals surface area contributed by atoms with Crippen molar-refractivity contribution in [3.63, 3.8) is 0 Å². The van der Waals surface area contributed by atoms with Gasteiger partial charge in [0.25, 0.3) is 0 Å². The number of amides is 1. The van der Waals surface area contributed by atoms with Crippen molar-refractivity contribution in [3.8, 4) is 0 Å². The minimum atomic E-state index is -0.488. The van der Waals surface area contributed by atoms with Crippen LogP contribution in [-0.4, -0.2) is 5.91 Å². The minimum Gasteiger partial charge on any atom is -0.326 e. The van der Waals surface area contributed by atoms with Crippen LogP contribution in [0.1, 0.15) is 39.6 Å². The summed E-state index contributed by atoms with van der Waals surface area (Å²) in [5.74, 6) is -0.440. The number of hydrogen-bond acceptors (Lipinski definition) is 2. The second kappa shape index (κ2) is 5.78. The Balaban J connectivity index is 1.96. The van der Waals surface area contributed by atoms with Crippen molar-refractivity contribution >= 4 is 34.5 Å². The van der Waals surface area contributed by atoms with Gasteiger partial charge < -0.3 is 5.32 Å². The largest absolute Gasteiger partial charge is 0.326 e. The molecule has 0 saturated carbocycles. The molecule has 1 amide bonds. The number of thiophene rings is 1. The first-order chi connectivity index (χ1) is 10.1. The van der Waals surface area contributed by atoms with E-state index in [1.165, 1.54) is 10.9 Å². The van der Waals surface area contributed by atoms with Gasteiger partial charge in [-0.2, -0.15) is 0 Å². The lowest BCUT2D eigenvalue weighted by molar-refractivity contribution is -0.116. The first kappa shape index (κ1) is 14.5. The molecule has 0 fully saturated rings. The minimum absolute atomic E-state index is 0.0667. The highest BCUT2D eigenvalue weighted by Crippen LogP contribution is 2.37. The summed E-state index contributed by atoms with van der Waals surface area (Å²) < 4.78 is 14.3. The van der Waals surface area contributed by atoms with Gasteiger partial charge in [0, 0.05) is 27.4 Å². The zero-order valence-electron chi connectivity index (χ0n) is 11.6. The Labute approximate surface area is 131 Å². The van der Waals surface area contributed by atoms with Crippen LogP contribution in [0.15, 0.2) is 24.3 Å². The lowest BCUT2D eigenvalue weighted by Gasteiger charge is -2.19. The maximum absolute atomic E-state index is 14.3. The molecule has 21 heavy (non-hydrogen) atoms. The fraction of sp³-hybridized carbons (Fsp3) is 0.312. The molecule has 110 valence electrons. The van der Waals surface area contributed by atoms with E-state index in [4.69, 9.17) is 11.6 Å². The number of halogens is 2. The van der Waals surface area contributed by atoms with Crippen LogP contribution in [0.25, 0.3) is 0 Å². The van der Waals surface area contributed by atoms with E-state index in [2.05, 4.69) is 12.2 Å². The maximum Gasteiger partial charge on any atom is 0.224 e. The molecule has 1 N–H and O–H groups in total. The molecule has 0 saturated heterocycles. The molecule has 0 spiro atoms. The molecule has 5 heteroatoms. The molecule has 1 aliphatic rings. The number of fused-ring (bicyclic) bond motifs is 1.